The summed E-state index contributed by atoms with van der Waals surface area (Å²) >= 11 is 0. The average Bonchev–Trinajstić information content (AvgIpc) is 2.77. The first kappa shape index (κ1) is 20.7. The number of halogens is 2. The third-order valence-corrected chi connectivity index (χ3v) is 5.63. The Balaban J connectivity index is 1.56. The predicted octanol–water partition coefficient (Wildman–Crippen LogP) is 3.43. The summed E-state index contributed by atoms with van der Waals surface area (Å²) in [5, 5.41) is 9.23. The summed E-state index contributed by atoms with van der Waals surface area (Å²) in [6, 6.07) is 9.71. The molecule has 0 bridgehead atoms. The molecular formula is C22H21F2N5O2. The van der Waals surface area contributed by atoms with Gasteiger partial charge in [-0.25, -0.2) is 18.7 Å². The van der Waals surface area contributed by atoms with Crippen LogP contribution in [0.15, 0.2) is 41.3 Å². The van der Waals surface area contributed by atoms with Crippen LogP contribution in [-0.4, -0.2) is 33.7 Å². The van der Waals surface area contributed by atoms with E-state index in [0.29, 0.717) is 42.1 Å². The van der Waals surface area contributed by atoms with Gasteiger partial charge in [-0.15, -0.1) is 0 Å². The van der Waals surface area contributed by atoms with Crippen LogP contribution in [0.25, 0.3) is 11.0 Å². The van der Waals surface area contributed by atoms with Crippen molar-refractivity contribution < 1.29 is 13.5 Å². The molecule has 160 valence electrons. The number of piperidine rings is 1. The Morgan fingerprint density at radius 1 is 1.29 bits per heavy atom. The Hall–Kier alpha value is -3.54. The second-order valence-corrected chi connectivity index (χ2v) is 7.70. The number of nitrogens with zero attached hydrogens (tertiary/aromatic N) is 5. The molecule has 0 radical (unpaired) electrons. The Morgan fingerprint density at radius 2 is 2.10 bits per heavy atom. The largest absolute Gasteiger partial charge is 0.474 e. The highest BCUT2D eigenvalue weighted by molar-refractivity contribution is 5.88. The first-order valence-corrected chi connectivity index (χ1v) is 9.94. The zero-order chi connectivity index (χ0) is 22.1. The molecule has 0 spiro atoms. The topological polar surface area (TPSA) is 84.0 Å². The standard InChI is InChI=1S/C22H21F2N5O2/c1-13-12-29(8-7-18(13)31-19-6-3-14(11-26-19)22(23)24)17-9-20(30)28(2)16-5-4-15(10-25)27-21(16)17/h3-6,9,11,13,18,22H,7-8,12H2,1-2H3. The number of hydrogen-bond acceptors (Lipinski definition) is 6. The lowest BCUT2D eigenvalue weighted by atomic mass is 9.96. The summed E-state index contributed by atoms with van der Waals surface area (Å²) in [4.78, 5) is 23.0. The molecule has 7 nitrogen and oxygen atoms in total. The van der Waals surface area contributed by atoms with Gasteiger partial charge in [0.15, 0.2) is 0 Å². The second-order valence-electron chi connectivity index (χ2n) is 7.70. The summed E-state index contributed by atoms with van der Waals surface area (Å²) < 4.78 is 32.9. The number of rotatable bonds is 4. The maximum Gasteiger partial charge on any atom is 0.265 e. The van der Waals surface area contributed by atoms with Gasteiger partial charge in [-0.3, -0.25) is 4.79 Å². The van der Waals surface area contributed by atoms with Gasteiger partial charge in [-0.1, -0.05) is 6.92 Å². The number of fused-ring (bicyclic) bond motifs is 1. The van der Waals surface area contributed by atoms with E-state index >= 15 is 0 Å². The van der Waals surface area contributed by atoms with E-state index in [9.17, 15) is 18.8 Å². The minimum absolute atomic E-state index is 0.0867. The number of nitriles is 1. The molecule has 0 saturated carbocycles. The first-order valence-electron chi connectivity index (χ1n) is 9.94. The molecule has 3 aromatic heterocycles. The molecule has 1 aliphatic rings. The van der Waals surface area contributed by atoms with Crippen molar-refractivity contribution in [2.24, 2.45) is 13.0 Å². The Kier molecular flexibility index (Phi) is 5.55. The third-order valence-electron chi connectivity index (χ3n) is 5.63. The molecule has 0 aromatic carbocycles. The summed E-state index contributed by atoms with van der Waals surface area (Å²) in [6.45, 7) is 3.26. The number of anilines is 1. The number of pyridine rings is 3. The van der Waals surface area contributed by atoms with Crippen molar-refractivity contribution >= 4 is 16.7 Å². The van der Waals surface area contributed by atoms with E-state index in [-0.39, 0.29) is 28.8 Å². The smallest absolute Gasteiger partial charge is 0.265 e. The molecule has 1 fully saturated rings. The van der Waals surface area contributed by atoms with Gasteiger partial charge in [0.1, 0.15) is 23.4 Å². The molecule has 0 N–H and O–H groups in total. The fourth-order valence-corrected chi connectivity index (χ4v) is 3.88. The molecule has 31 heavy (non-hydrogen) atoms. The van der Waals surface area contributed by atoms with Crippen LogP contribution in [0.4, 0.5) is 14.5 Å². The van der Waals surface area contributed by atoms with Crippen molar-refractivity contribution in [2.45, 2.75) is 25.9 Å². The number of hydrogen-bond donors (Lipinski definition) is 0. The second kappa shape index (κ2) is 8.30. The lowest BCUT2D eigenvalue weighted by Gasteiger charge is -2.38. The van der Waals surface area contributed by atoms with E-state index in [1.165, 1.54) is 16.7 Å². The van der Waals surface area contributed by atoms with Crippen LogP contribution in [0.5, 0.6) is 5.88 Å². The van der Waals surface area contributed by atoms with Crippen LogP contribution in [0.3, 0.4) is 0 Å². The summed E-state index contributed by atoms with van der Waals surface area (Å²) in [5.74, 6) is 0.401. The third kappa shape index (κ3) is 4.06. The van der Waals surface area contributed by atoms with Crippen LogP contribution < -0.4 is 15.2 Å². The highest BCUT2D eigenvalue weighted by atomic mass is 19.3. The van der Waals surface area contributed by atoms with Gasteiger partial charge in [0.25, 0.3) is 12.0 Å². The molecule has 1 aliphatic heterocycles. The van der Waals surface area contributed by atoms with E-state index in [2.05, 4.69) is 14.9 Å². The molecule has 2 unspecified atom stereocenters. The monoisotopic (exact) mass is 425 g/mol. The lowest BCUT2D eigenvalue weighted by molar-refractivity contribution is 0.115. The minimum atomic E-state index is -2.56. The number of aryl methyl sites for hydroxylation is 1. The SMILES string of the molecule is CC1CN(c2cc(=O)n(C)c3ccc(C#N)nc23)CCC1Oc1ccc(C(F)F)cn1. The molecule has 0 amide bonds. The molecule has 4 heterocycles. The van der Waals surface area contributed by atoms with Crippen molar-refractivity contribution in [3.63, 3.8) is 0 Å². The fraction of sp³-hybridized carbons (Fsp3) is 0.364. The van der Waals surface area contributed by atoms with Crippen LogP contribution in [-0.2, 0) is 7.05 Å². The van der Waals surface area contributed by atoms with Gasteiger partial charge < -0.3 is 14.2 Å². The van der Waals surface area contributed by atoms with E-state index in [1.54, 1.807) is 25.2 Å². The van der Waals surface area contributed by atoms with Crippen LogP contribution in [0, 0.1) is 17.2 Å². The van der Waals surface area contributed by atoms with Crippen molar-refractivity contribution in [3.05, 3.63) is 58.1 Å². The van der Waals surface area contributed by atoms with Crippen LogP contribution >= 0.6 is 0 Å². The van der Waals surface area contributed by atoms with Crippen molar-refractivity contribution in [1.29, 1.82) is 5.26 Å². The number of ether oxygens (including phenoxy) is 1. The van der Waals surface area contributed by atoms with Gasteiger partial charge in [0, 0.05) is 56.4 Å². The normalized spacial score (nSPS) is 18.9. The molecule has 4 rings (SSSR count). The first-order chi connectivity index (χ1) is 14.9. The van der Waals surface area contributed by atoms with Gasteiger partial charge >= 0.3 is 0 Å². The zero-order valence-corrected chi connectivity index (χ0v) is 17.1. The highest BCUT2D eigenvalue weighted by Crippen LogP contribution is 2.30. The molecule has 0 aliphatic carbocycles. The lowest BCUT2D eigenvalue weighted by Crippen LogP contribution is -2.45. The van der Waals surface area contributed by atoms with Crippen molar-refractivity contribution in [1.82, 2.24) is 14.5 Å². The van der Waals surface area contributed by atoms with Gasteiger partial charge in [0.2, 0.25) is 5.88 Å². The fourth-order valence-electron chi connectivity index (χ4n) is 3.88. The van der Waals surface area contributed by atoms with E-state index in [4.69, 9.17) is 4.74 Å². The Morgan fingerprint density at radius 3 is 2.74 bits per heavy atom. The van der Waals surface area contributed by atoms with Crippen molar-refractivity contribution in [2.75, 3.05) is 18.0 Å². The van der Waals surface area contributed by atoms with Crippen LogP contribution in [0.1, 0.15) is 31.0 Å². The molecule has 3 aromatic rings. The van der Waals surface area contributed by atoms with E-state index in [0.717, 1.165) is 6.20 Å². The minimum Gasteiger partial charge on any atom is -0.474 e. The average molecular weight is 425 g/mol. The summed E-state index contributed by atoms with van der Waals surface area (Å²) in [5.41, 5.74) is 1.96. The Labute approximate surface area is 177 Å². The van der Waals surface area contributed by atoms with E-state index < -0.39 is 6.43 Å². The zero-order valence-electron chi connectivity index (χ0n) is 17.1. The predicted molar refractivity (Wildman–Crippen MR) is 111 cm³/mol. The van der Waals surface area contributed by atoms with Crippen LogP contribution in [0.2, 0.25) is 0 Å². The van der Waals surface area contributed by atoms with Gasteiger partial charge in [-0.2, -0.15) is 5.26 Å². The van der Waals surface area contributed by atoms with Crippen molar-refractivity contribution in [3.8, 4) is 11.9 Å². The van der Waals surface area contributed by atoms with Gasteiger partial charge in [0.05, 0.1) is 11.2 Å². The highest BCUT2D eigenvalue weighted by Gasteiger charge is 2.29. The molecule has 1 saturated heterocycles. The molecular weight excluding hydrogens is 404 g/mol. The van der Waals surface area contributed by atoms with E-state index in [1.807, 2.05) is 13.0 Å². The molecule has 9 heteroatoms. The summed E-state index contributed by atoms with van der Waals surface area (Å²) in [7, 11) is 1.68. The van der Waals surface area contributed by atoms with Gasteiger partial charge in [-0.05, 0) is 18.2 Å². The maximum absolute atomic E-state index is 12.7. The molecule has 2 atom stereocenters. The Bertz CT molecular complexity index is 1200. The quantitative estimate of drug-likeness (QED) is 0.637. The number of alkyl halides is 2. The maximum atomic E-state index is 12.7. The summed E-state index contributed by atoms with van der Waals surface area (Å²) in [6.07, 6.45) is -0.910. The number of aromatic nitrogens is 3.